The number of alkyl carbamates (subject to hydrolysis) is 1. The van der Waals surface area contributed by atoms with E-state index in [1.54, 1.807) is 0 Å². The molecule has 10 heteroatoms. The lowest BCUT2D eigenvalue weighted by Crippen LogP contribution is -2.39. The van der Waals surface area contributed by atoms with Gasteiger partial charge < -0.3 is 26.0 Å². The molecule has 0 aliphatic rings. The number of rotatable bonds is 10. The van der Waals surface area contributed by atoms with Gasteiger partial charge in [0.25, 0.3) is 5.91 Å². The topological polar surface area (TPSA) is 104 Å². The molecule has 2 amide bonds. The van der Waals surface area contributed by atoms with Crippen molar-refractivity contribution in [2.45, 2.75) is 46.1 Å². The first kappa shape index (κ1) is 27.4. The molecule has 8 nitrogen and oxygen atoms in total. The Hall–Kier alpha value is -1.56. The van der Waals surface area contributed by atoms with E-state index in [9.17, 15) is 9.59 Å². The molecular weight excluding hydrogens is 505 g/mol. The van der Waals surface area contributed by atoms with E-state index in [-0.39, 0.29) is 29.9 Å². The Labute approximate surface area is 194 Å². The van der Waals surface area contributed by atoms with Crippen LogP contribution in [-0.4, -0.2) is 56.3 Å². The van der Waals surface area contributed by atoms with Gasteiger partial charge in [-0.15, -0.1) is 35.3 Å². The number of thiophene rings is 1. The standard InChI is InChI=1S/C19H33N5O3S.HI/c1-5-20-17(23-12-8-13-24-18(26)27-19(2,3)4)22-11-7-10-21-16(25)15-9-6-14-28-15;/h6,9,14H,5,7-8,10-13H2,1-4H3,(H,21,25)(H,24,26)(H2,20,22,23);1H. The summed E-state index contributed by atoms with van der Waals surface area (Å²) in [6.45, 7) is 10.7. The minimum atomic E-state index is -0.492. The van der Waals surface area contributed by atoms with Crippen molar-refractivity contribution in [3.8, 4) is 0 Å². The Balaban J connectivity index is 0.00000784. The minimum Gasteiger partial charge on any atom is -0.444 e. The van der Waals surface area contributed by atoms with Crippen LogP contribution in [0.15, 0.2) is 22.5 Å². The van der Waals surface area contributed by atoms with Crippen LogP contribution in [0.3, 0.4) is 0 Å². The predicted octanol–water partition coefficient (Wildman–Crippen LogP) is 2.96. The molecule has 1 aromatic heterocycles. The molecule has 0 radical (unpaired) electrons. The number of nitrogens with one attached hydrogen (secondary N) is 4. The van der Waals surface area contributed by atoms with Crippen molar-refractivity contribution >= 4 is 53.3 Å². The van der Waals surface area contributed by atoms with Gasteiger partial charge in [-0.1, -0.05) is 6.07 Å². The molecule has 29 heavy (non-hydrogen) atoms. The molecule has 0 unspecified atom stereocenters. The first-order valence-corrected chi connectivity index (χ1v) is 10.5. The van der Waals surface area contributed by atoms with Crippen molar-refractivity contribution in [3.05, 3.63) is 22.4 Å². The van der Waals surface area contributed by atoms with Gasteiger partial charge >= 0.3 is 6.09 Å². The second-order valence-electron chi connectivity index (χ2n) is 7.06. The van der Waals surface area contributed by atoms with E-state index in [2.05, 4.69) is 26.3 Å². The van der Waals surface area contributed by atoms with Crippen LogP contribution in [0.1, 0.15) is 50.2 Å². The highest BCUT2D eigenvalue weighted by Crippen LogP contribution is 2.07. The molecule has 0 atom stereocenters. The summed E-state index contributed by atoms with van der Waals surface area (Å²) in [5.74, 6) is 0.692. The average molecular weight is 539 g/mol. The van der Waals surface area contributed by atoms with Crippen LogP contribution >= 0.6 is 35.3 Å². The number of ether oxygens (including phenoxy) is 1. The van der Waals surface area contributed by atoms with Crippen molar-refractivity contribution in [2.75, 3.05) is 32.7 Å². The molecule has 0 aromatic carbocycles. The fraction of sp³-hybridized carbons (Fsp3) is 0.632. The van der Waals surface area contributed by atoms with Gasteiger partial charge in [0.05, 0.1) is 4.88 Å². The fourth-order valence-corrected chi connectivity index (χ4v) is 2.75. The summed E-state index contributed by atoms with van der Waals surface area (Å²) < 4.78 is 5.18. The lowest BCUT2D eigenvalue weighted by Gasteiger charge is -2.19. The molecule has 0 saturated heterocycles. The maximum absolute atomic E-state index is 11.8. The van der Waals surface area contributed by atoms with Crippen molar-refractivity contribution in [3.63, 3.8) is 0 Å². The molecule has 0 aliphatic heterocycles. The van der Waals surface area contributed by atoms with Crippen LogP contribution in [0.4, 0.5) is 4.79 Å². The maximum Gasteiger partial charge on any atom is 0.407 e. The van der Waals surface area contributed by atoms with E-state index in [1.165, 1.54) is 11.3 Å². The minimum absolute atomic E-state index is 0. The summed E-state index contributed by atoms with van der Waals surface area (Å²) in [5, 5.41) is 13.9. The van der Waals surface area contributed by atoms with Crippen molar-refractivity contribution < 1.29 is 14.3 Å². The summed E-state index contributed by atoms with van der Waals surface area (Å²) >= 11 is 1.43. The van der Waals surface area contributed by atoms with Gasteiger partial charge in [-0.3, -0.25) is 9.79 Å². The first-order chi connectivity index (χ1) is 13.3. The molecule has 166 valence electrons. The average Bonchev–Trinajstić information content (AvgIpc) is 3.14. The second kappa shape index (κ2) is 15.3. The zero-order valence-electron chi connectivity index (χ0n) is 17.7. The van der Waals surface area contributed by atoms with Crippen LogP contribution in [0, 0.1) is 0 Å². The van der Waals surface area contributed by atoms with E-state index < -0.39 is 11.7 Å². The lowest BCUT2D eigenvalue weighted by molar-refractivity contribution is 0.0527. The Morgan fingerprint density at radius 2 is 1.76 bits per heavy atom. The number of hydrogen-bond donors (Lipinski definition) is 4. The van der Waals surface area contributed by atoms with Crippen molar-refractivity contribution in [1.82, 2.24) is 21.3 Å². The Kier molecular flexibility index (Phi) is 14.5. The van der Waals surface area contributed by atoms with Crippen molar-refractivity contribution in [1.29, 1.82) is 0 Å². The monoisotopic (exact) mass is 539 g/mol. The fourth-order valence-electron chi connectivity index (χ4n) is 2.11. The van der Waals surface area contributed by atoms with Gasteiger partial charge in [-0.2, -0.15) is 0 Å². The zero-order valence-corrected chi connectivity index (χ0v) is 20.8. The number of hydrogen-bond acceptors (Lipinski definition) is 5. The number of halogens is 1. The predicted molar refractivity (Wildman–Crippen MR) is 130 cm³/mol. The summed E-state index contributed by atoms with van der Waals surface area (Å²) in [4.78, 5) is 28.6. The van der Waals surface area contributed by atoms with Crippen LogP contribution in [0.5, 0.6) is 0 Å². The SMILES string of the molecule is CCNC(=NCCCNC(=O)OC(C)(C)C)NCCCNC(=O)c1cccs1.I. The van der Waals surface area contributed by atoms with Gasteiger partial charge in [0, 0.05) is 32.7 Å². The number of amides is 2. The second-order valence-corrected chi connectivity index (χ2v) is 8.00. The zero-order chi connectivity index (χ0) is 20.8. The normalized spacial score (nSPS) is 11.2. The molecule has 4 N–H and O–H groups in total. The molecule has 0 fully saturated rings. The van der Waals surface area contributed by atoms with E-state index in [4.69, 9.17) is 4.74 Å². The lowest BCUT2D eigenvalue weighted by atomic mass is 10.2. The number of carbonyl (C=O) groups excluding carboxylic acids is 2. The summed E-state index contributed by atoms with van der Waals surface area (Å²) in [5.41, 5.74) is -0.492. The Bertz CT molecular complexity index is 618. The largest absolute Gasteiger partial charge is 0.444 e. The van der Waals surface area contributed by atoms with Crippen LogP contribution in [0.25, 0.3) is 0 Å². The van der Waals surface area contributed by atoms with E-state index in [0.717, 1.165) is 23.8 Å². The highest BCUT2D eigenvalue weighted by atomic mass is 127. The van der Waals surface area contributed by atoms with Gasteiger partial charge in [0.15, 0.2) is 5.96 Å². The van der Waals surface area contributed by atoms with Gasteiger partial charge in [0.2, 0.25) is 0 Å². The first-order valence-electron chi connectivity index (χ1n) is 9.62. The molecular formula is C19H34IN5O3S. The van der Waals surface area contributed by atoms with Crippen LogP contribution in [-0.2, 0) is 4.74 Å². The molecule has 0 saturated carbocycles. The molecule has 1 heterocycles. The van der Waals surface area contributed by atoms with Crippen molar-refractivity contribution in [2.24, 2.45) is 4.99 Å². The van der Waals surface area contributed by atoms with E-state index in [0.29, 0.717) is 32.6 Å². The Morgan fingerprint density at radius 3 is 2.38 bits per heavy atom. The molecule has 0 spiro atoms. The highest BCUT2D eigenvalue weighted by molar-refractivity contribution is 14.0. The third-order valence-corrected chi connectivity index (χ3v) is 4.16. The summed E-state index contributed by atoms with van der Waals surface area (Å²) in [7, 11) is 0. The molecule has 1 aromatic rings. The quantitative estimate of drug-likeness (QED) is 0.159. The third kappa shape index (κ3) is 14.1. The number of guanidine groups is 1. The number of aliphatic imine (C=N–C) groups is 1. The van der Waals surface area contributed by atoms with Gasteiger partial charge in [-0.25, -0.2) is 4.79 Å². The summed E-state index contributed by atoms with van der Waals surface area (Å²) in [6, 6.07) is 3.68. The van der Waals surface area contributed by atoms with E-state index >= 15 is 0 Å². The van der Waals surface area contributed by atoms with Crippen LogP contribution in [0.2, 0.25) is 0 Å². The van der Waals surface area contributed by atoms with Crippen LogP contribution < -0.4 is 21.3 Å². The van der Waals surface area contributed by atoms with E-state index in [1.807, 2.05) is 45.2 Å². The molecule has 0 aliphatic carbocycles. The number of carbonyl (C=O) groups is 2. The smallest absolute Gasteiger partial charge is 0.407 e. The van der Waals surface area contributed by atoms with Gasteiger partial charge in [0.1, 0.15) is 5.60 Å². The third-order valence-electron chi connectivity index (χ3n) is 3.29. The maximum atomic E-state index is 11.8. The molecule has 1 rings (SSSR count). The number of nitrogens with zero attached hydrogens (tertiary/aromatic N) is 1. The highest BCUT2D eigenvalue weighted by Gasteiger charge is 2.15. The molecule has 0 bridgehead atoms. The summed E-state index contributed by atoms with van der Waals surface area (Å²) in [6.07, 6.45) is 1.10. The Morgan fingerprint density at radius 1 is 1.07 bits per heavy atom. The van der Waals surface area contributed by atoms with Gasteiger partial charge in [-0.05, 0) is 52.0 Å².